The Labute approximate surface area is 145 Å². The van der Waals surface area contributed by atoms with Crippen molar-refractivity contribution < 1.29 is 19.4 Å². The normalized spacial score (nSPS) is 17.9. The molecule has 0 saturated carbocycles. The monoisotopic (exact) mass is 394 g/mol. The van der Waals surface area contributed by atoms with Crippen LogP contribution in [0.5, 0.6) is 0 Å². The lowest BCUT2D eigenvalue weighted by Gasteiger charge is -2.32. The summed E-state index contributed by atoms with van der Waals surface area (Å²) in [6.07, 6.45) is -0.699. The summed E-state index contributed by atoms with van der Waals surface area (Å²) in [5, 5.41) is 9.34. The van der Waals surface area contributed by atoms with Gasteiger partial charge in [0.25, 0.3) is 5.91 Å². The highest BCUT2D eigenvalue weighted by Gasteiger charge is 2.27. The zero-order chi connectivity index (χ0) is 17.3. The molecule has 1 aromatic carbocycles. The topological polar surface area (TPSA) is 99.7 Å². The van der Waals surface area contributed by atoms with Gasteiger partial charge in [0, 0.05) is 34.5 Å². The van der Waals surface area contributed by atoms with Crippen LogP contribution in [0.2, 0.25) is 0 Å². The van der Waals surface area contributed by atoms with Crippen molar-refractivity contribution in [2.45, 2.75) is 12.5 Å². The molecule has 1 aliphatic rings. The third-order valence-electron chi connectivity index (χ3n) is 3.85. The molecule has 0 aliphatic carbocycles. The van der Waals surface area contributed by atoms with Gasteiger partial charge in [-0.3, -0.25) is 14.4 Å². The van der Waals surface area contributed by atoms with E-state index in [-0.39, 0.29) is 36.6 Å². The van der Waals surface area contributed by atoms with Gasteiger partial charge in [-0.05, 0) is 18.2 Å². The van der Waals surface area contributed by atoms with Gasteiger partial charge in [-0.1, -0.05) is 15.9 Å². The van der Waals surface area contributed by atoms with Crippen molar-refractivity contribution in [1.82, 2.24) is 9.88 Å². The lowest BCUT2D eigenvalue weighted by atomic mass is 10.1. The number of H-pyrrole nitrogens is 1. The number of hydrogen-bond donors (Lipinski definition) is 2. The number of carbonyl (C=O) groups is 2. The van der Waals surface area contributed by atoms with Gasteiger partial charge < -0.3 is 19.7 Å². The smallest absolute Gasteiger partial charge is 0.306 e. The fraction of sp³-hybridized carbons (Fsp3) is 0.312. The average Bonchev–Trinajstić information content (AvgIpc) is 2.54. The van der Waals surface area contributed by atoms with Gasteiger partial charge in [-0.15, -0.1) is 0 Å². The maximum Gasteiger partial charge on any atom is 0.306 e. The number of benzene rings is 1. The van der Waals surface area contributed by atoms with E-state index in [0.717, 1.165) is 4.47 Å². The van der Waals surface area contributed by atoms with Gasteiger partial charge >= 0.3 is 5.97 Å². The van der Waals surface area contributed by atoms with Crippen LogP contribution in [-0.4, -0.2) is 52.7 Å². The van der Waals surface area contributed by atoms with E-state index in [0.29, 0.717) is 17.4 Å². The van der Waals surface area contributed by atoms with Crippen molar-refractivity contribution in [2.75, 3.05) is 19.7 Å². The average molecular weight is 395 g/mol. The van der Waals surface area contributed by atoms with Crippen molar-refractivity contribution in [3.8, 4) is 0 Å². The molecule has 1 aliphatic heterocycles. The number of carboxylic acid groups (broad SMARTS) is 1. The Hall–Kier alpha value is -2.19. The number of carbonyl (C=O) groups excluding carboxylic acids is 1. The van der Waals surface area contributed by atoms with Crippen molar-refractivity contribution >= 4 is 38.7 Å². The molecule has 126 valence electrons. The number of aromatic amines is 1. The Morgan fingerprint density at radius 2 is 2.17 bits per heavy atom. The highest BCUT2D eigenvalue weighted by Crippen LogP contribution is 2.17. The molecule has 2 aromatic rings. The molecule has 0 radical (unpaired) electrons. The second kappa shape index (κ2) is 6.74. The van der Waals surface area contributed by atoms with Crippen LogP contribution in [-0.2, 0) is 9.53 Å². The maximum atomic E-state index is 12.6. The summed E-state index contributed by atoms with van der Waals surface area (Å²) < 4.78 is 6.14. The molecule has 0 bridgehead atoms. The Morgan fingerprint density at radius 1 is 1.38 bits per heavy atom. The van der Waals surface area contributed by atoms with E-state index in [4.69, 9.17) is 9.84 Å². The summed E-state index contributed by atoms with van der Waals surface area (Å²) in [6, 6.07) is 6.48. The first-order chi connectivity index (χ1) is 11.4. The molecule has 0 unspecified atom stereocenters. The zero-order valence-corrected chi connectivity index (χ0v) is 14.2. The number of carboxylic acids is 1. The highest BCUT2D eigenvalue weighted by molar-refractivity contribution is 9.10. The number of fused-ring (bicyclic) bond motifs is 1. The molecule has 0 spiro atoms. The fourth-order valence-electron chi connectivity index (χ4n) is 2.73. The molecule has 1 atom stereocenters. The summed E-state index contributed by atoms with van der Waals surface area (Å²) in [4.78, 5) is 40.2. The molecule has 2 heterocycles. The molecule has 3 rings (SSSR count). The number of amides is 1. The minimum Gasteiger partial charge on any atom is -0.481 e. The summed E-state index contributed by atoms with van der Waals surface area (Å²) in [5.74, 6) is -1.31. The molecule has 1 fully saturated rings. The van der Waals surface area contributed by atoms with Crippen molar-refractivity contribution in [3.63, 3.8) is 0 Å². The largest absolute Gasteiger partial charge is 0.481 e. The molecule has 1 saturated heterocycles. The number of halogens is 1. The quantitative estimate of drug-likeness (QED) is 0.823. The molecule has 1 aromatic heterocycles. The number of morpholine rings is 1. The molecule has 24 heavy (non-hydrogen) atoms. The lowest BCUT2D eigenvalue weighted by Crippen LogP contribution is -2.46. The van der Waals surface area contributed by atoms with Crippen molar-refractivity contribution in [2.24, 2.45) is 0 Å². The van der Waals surface area contributed by atoms with Gasteiger partial charge in [-0.2, -0.15) is 0 Å². The molecule has 1 amide bonds. The summed E-state index contributed by atoms with van der Waals surface area (Å²) in [6.45, 7) is 0.815. The third-order valence-corrected chi connectivity index (χ3v) is 4.34. The standard InChI is InChI=1S/C16H15BrN2O5/c17-9-1-2-12-11(5-9)14(20)7-13(18-12)16(23)19-3-4-24-10(8-19)6-15(21)22/h1-2,5,7,10H,3-4,6,8H2,(H,18,20)(H,21,22)/t10-/m1/s1. The molecule has 7 nitrogen and oxygen atoms in total. The lowest BCUT2D eigenvalue weighted by molar-refractivity contribution is -0.141. The van der Waals surface area contributed by atoms with E-state index < -0.39 is 12.1 Å². The minimum absolute atomic E-state index is 0.161. The van der Waals surface area contributed by atoms with Crippen LogP contribution in [0.4, 0.5) is 0 Å². The zero-order valence-electron chi connectivity index (χ0n) is 12.6. The number of pyridine rings is 1. The summed E-state index contributed by atoms with van der Waals surface area (Å²) in [5.41, 5.74) is 0.513. The maximum absolute atomic E-state index is 12.6. The first kappa shape index (κ1) is 16.7. The Kier molecular flexibility index (Phi) is 4.68. The number of aromatic nitrogens is 1. The number of rotatable bonds is 3. The Bertz CT molecular complexity index is 863. The van der Waals surface area contributed by atoms with Gasteiger partial charge in [0.1, 0.15) is 5.69 Å². The van der Waals surface area contributed by atoms with Crippen LogP contribution in [0.25, 0.3) is 10.9 Å². The summed E-state index contributed by atoms with van der Waals surface area (Å²) in [7, 11) is 0. The number of hydrogen-bond acceptors (Lipinski definition) is 4. The number of nitrogens with one attached hydrogen (secondary N) is 1. The Balaban J connectivity index is 1.87. The number of aliphatic carboxylic acids is 1. The van der Waals surface area contributed by atoms with Crippen LogP contribution in [0.1, 0.15) is 16.9 Å². The van der Waals surface area contributed by atoms with Gasteiger partial charge in [0.05, 0.1) is 19.1 Å². The molecule has 2 N–H and O–H groups in total. The van der Waals surface area contributed by atoms with Crippen LogP contribution in [0, 0.1) is 0 Å². The summed E-state index contributed by atoms with van der Waals surface area (Å²) >= 11 is 3.31. The van der Waals surface area contributed by atoms with Gasteiger partial charge in [0.2, 0.25) is 0 Å². The first-order valence-corrected chi connectivity index (χ1v) is 8.18. The SMILES string of the molecule is O=C(O)C[C@@H]1CN(C(=O)c2cc(=O)c3cc(Br)ccc3[nH]2)CCO1. The van der Waals surface area contributed by atoms with Crippen LogP contribution < -0.4 is 5.43 Å². The predicted molar refractivity (Wildman–Crippen MR) is 90.2 cm³/mol. The fourth-order valence-corrected chi connectivity index (χ4v) is 3.09. The van der Waals surface area contributed by atoms with Crippen LogP contribution >= 0.6 is 15.9 Å². The van der Waals surface area contributed by atoms with E-state index >= 15 is 0 Å². The van der Waals surface area contributed by atoms with E-state index in [2.05, 4.69) is 20.9 Å². The molecule has 8 heteroatoms. The minimum atomic E-state index is -0.973. The molecular weight excluding hydrogens is 380 g/mol. The van der Waals surface area contributed by atoms with E-state index in [1.165, 1.54) is 11.0 Å². The van der Waals surface area contributed by atoms with Gasteiger partial charge in [-0.25, -0.2) is 0 Å². The van der Waals surface area contributed by atoms with E-state index in [1.807, 2.05) is 0 Å². The third kappa shape index (κ3) is 3.49. The highest BCUT2D eigenvalue weighted by atomic mass is 79.9. The molecular formula is C16H15BrN2O5. The second-order valence-corrected chi connectivity index (χ2v) is 6.49. The van der Waals surface area contributed by atoms with E-state index in [9.17, 15) is 14.4 Å². The van der Waals surface area contributed by atoms with Crippen LogP contribution in [0.3, 0.4) is 0 Å². The first-order valence-electron chi connectivity index (χ1n) is 7.39. The predicted octanol–water partition coefficient (Wildman–Crippen LogP) is 1.61. The second-order valence-electron chi connectivity index (χ2n) is 5.58. The Morgan fingerprint density at radius 3 is 2.92 bits per heavy atom. The number of ether oxygens (including phenoxy) is 1. The van der Waals surface area contributed by atoms with Crippen molar-refractivity contribution in [1.29, 1.82) is 0 Å². The van der Waals surface area contributed by atoms with E-state index in [1.54, 1.807) is 18.2 Å². The van der Waals surface area contributed by atoms with Gasteiger partial charge in [0.15, 0.2) is 5.43 Å². The van der Waals surface area contributed by atoms with Crippen molar-refractivity contribution in [3.05, 3.63) is 44.7 Å². The van der Waals surface area contributed by atoms with Crippen LogP contribution in [0.15, 0.2) is 33.5 Å². The number of nitrogens with zero attached hydrogens (tertiary/aromatic N) is 1.